The molecule has 3 N–H and O–H groups in total. The Kier molecular flexibility index (Phi) is 6.87. The Morgan fingerprint density at radius 3 is 2.62 bits per heavy atom. The Morgan fingerprint density at radius 1 is 1.18 bits per heavy atom. The number of aliphatic hydroxyl groups excluding tert-OH is 3. The van der Waals surface area contributed by atoms with Crippen LogP contribution in [0.25, 0.3) is 11.0 Å². The molecule has 0 amide bonds. The van der Waals surface area contributed by atoms with Gasteiger partial charge in [-0.25, -0.2) is 14.4 Å². The molecule has 3 aromatic rings. The standard InChI is InChI=1S/C22H23F4N3O5/c1-33-7-5-15-12-4-6-29(20(12)28-10-27-15)21-19(32)18(31)17(34-21)9-16(30)11-2-3-13(14(23)8-11)22(24,25)26/h2-4,6,8,10,16-19,21,30-32H,5,7,9H2,1H3/t16-,17+,18-,19-,21-/m1/s1. The van der Waals surface area contributed by atoms with E-state index >= 15 is 0 Å². The van der Waals surface area contributed by atoms with Gasteiger partial charge in [-0.1, -0.05) is 6.07 Å². The number of hydrogen-bond donors (Lipinski definition) is 3. The van der Waals surface area contributed by atoms with Gasteiger partial charge in [-0.05, 0) is 23.8 Å². The summed E-state index contributed by atoms with van der Waals surface area (Å²) in [4.78, 5) is 8.48. The maximum Gasteiger partial charge on any atom is 0.419 e. The van der Waals surface area contributed by atoms with Gasteiger partial charge in [0.25, 0.3) is 0 Å². The lowest BCUT2D eigenvalue weighted by molar-refractivity contribution is -0.140. The number of methoxy groups -OCH3 is 1. The number of halogens is 4. The highest BCUT2D eigenvalue weighted by Gasteiger charge is 2.45. The maximum absolute atomic E-state index is 13.9. The third-order valence-electron chi connectivity index (χ3n) is 5.89. The van der Waals surface area contributed by atoms with Crippen LogP contribution in [0.15, 0.2) is 36.8 Å². The van der Waals surface area contributed by atoms with Gasteiger partial charge in [-0.15, -0.1) is 0 Å². The fourth-order valence-electron chi connectivity index (χ4n) is 4.11. The van der Waals surface area contributed by atoms with Gasteiger partial charge in [0.2, 0.25) is 0 Å². The minimum absolute atomic E-state index is 0.110. The number of ether oxygens (including phenoxy) is 2. The lowest BCUT2D eigenvalue weighted by Crippen LogP contribution is -2.32. The van der Waals surface area contributed by atoms with Crippen molar-refractivity contribution in [3.8, 4) is 0 Å². The van der Waals surface area contributed by atoms with Gasteiger partial charge in [0.1, 0.15) is 30.0 Å². The molecule has 34 heavy (non-hydrogen) atoms. The molecule has 1 fully saturated rings. The molecule has 1 aromatic carbocycles. The van der Waals surface area contributed by atoms with Crippen LogP contribution in [0.2, 0.25) is 0 Å². The predicted octanol–water partition coefficient (Wildman–Crippen LogP) is 2.52. The van der Waals surface area contributed by atoms with Crippen molar-refractivity contribution in [2.24, 2.45) is 0 Å². The summed E-state index contributed by atoms with van der Waals surface area (Å²) in [5.74, 6) is -1.52. The molecule has 4 rings (SSSR count). The molecular formula is C22H23F4N3O5. The number of aliphatic hydroxyl groups is 3. The molecule has 12 heteroatoms. The topological polar surface area (TPSA) is 110 Å². The molecule has 184 valence electrons. The summed E-state index contributed by atoms with van der Waals surface area (Å²) in [5.41, 5.74) is -0.359. The van der Waals surface area contributed by atoms with E-state index in [1.165, 1.54) is 10.9 Å². The number of rotatable bonds is 7. The van der Waals surface area contributed by atoms with Crippen LogP contribution in [-0.4, -0.2) is 61.9 Å². The highest BCUT2D eigenvalue weighted by Crippen LogP contribution is 2.37. The zero-order chi connectivity index (χ0) is 24.6. The third-order valence-corrected chi connectivity index (χ3v) is 5.89. The number of alkyl halides is 3. The minimum atomic E-state index is -4.86. The average molecular weight is 485 g/mol. The maximum atomic E-state index is 13.9. The number of hydrogen-bond acceptors (Lipinski definition) is 7. The highest BCUT2D eigenvalue weighted by molar-refractivity contribution is 5.78. The monoisotopic (exact) mass is 485 g/mol. The summed E-state index contributed by atoms with van der Waals surface area (Å²) in [6, 6.07) is 3.85. The van der Waals surface area contributed by atoms with E-state index in [0.29, 0.717) is 36.2 Å². The molecule has 1 saturated heterocycles. The molecule has 0 saturated carbocycles. The van der Waals surface area contributed by atoms with Crippen molar-refractivity contribution in [1.82, 2.24) is 14.5 Å². The van der Waals surface area contributed by atoms with Gasteiger partial charge in [-0.2, -0.15) is 13.2 Å². The second kappa shape index (κ2) is 9.55. The van der Waals surface area contributed by atoms with Gasteiger partial charge in [0, 0.05) is 31.5 Å². The van der Waals surface area contributed by atoms with Gasteiger partial charge in [0.05, 0.1) is 30.1 Å². The van der Waals surface area contributed by atoms with E-state index in [9.17, 15) is 32.9 Å². The largest absolute Gasteiger partial charge is 0.419 e. The van der Waals surface area contributed by atoms with Crippen molar-refractivity contribution in [1.29, 1.82) is 0 Å². The number of aromatic nitrogens is 3. The summed E-state index contributed by atoms with van der Waals surface area (Å²) in [5, 5.41) is 32.3. The fraction of sp³-hybridized carbons (Fsp3) is 0.455. The van der Waals surface area contributed by atoms with E-state index in [-0.39, 0.29) is 12.0 Å². The van der Waals surface area contributed by atoms with Crippen LogP contribution in [0, 0.1) is 5.82 Å². The molecule has 0 radical (unpaired) electrons. The molecule has 0 bridgehead atoms. The Bertz CT molecular complexity index is 1160. The Labute approximate surface area is 191 Å². The van der Waals surface area contributed by atoms with E-state index in [2.05, 4.69) is 9.97 Å². The van der Waals surface area contributed by atoms with Crippen LogP contribution in [0.3, 0.4) is 0 Å². The molecule has 8 nitrogen and oxygen atoms in total. The van der Waals surface area contributed by atoms with Crippen molar-refractivity contribution in [2.75, 3.05) is 13.7 Å². The van der Waals surface area contributed by atoms with Gasteiger partial charge < -0.3 is 29.4 Å². The van der Waals surface area contributed by atoms with Gasteiger partial charge >= 0.3 is 6.18 Å². The Balaban J connectivity index is 1.52. The molecule has 0 aliphatic carbocycles. The number of nitrogens with zero attached hydrogens (tertiary/aromatic N) is 3. The zero-order valence-corrected chi connectivity index (χ0v) is 18.0. The first-order valence-electron chi connectivity index (χ1n) is 10.5. The Hall–Kier alpha value is -2.64. The van der Waals surface area contributed by atoms with Crippen molar-refractivity contribution in [3.05, 3.63) is 59.4 Å². The molecule has 0 spiro atoms. The first-order valence-corrected chi connectivity index (χ1v) is 10.5. The molecule has 2 aromatic heterocycles. The van der Waals surface area contributed by atoms with E-state index in [0.717, 1.165) is 11.8 Å². The average Bonchev–Trinajstić information content (AvgIpc) is 3.33. The van der Waals surface area contributed by atoms with E-state index < -0.39 is 48.2 Å². The van der Waals surface area contributed by atoms with E-state index in [4.69, 9.17) is 9.47 Å². The summed E-state index contributed by atoms with van der Waals surface area (Å²) >= 11 is 0. The SMILES string of the molecule is COCCc1ncnc2c1ccn2[C@@H]1O[C@@H](C[C@@H](O)c2ccc(C(F)(F)F)c(F)c2)[C@@H](O)[C@H]1O. The van der Waals surface area contributed by atoms with Crippen LogP contribution in [-0.2, 0) is 22.1 Å². The third kappa shape index (κ3) is 4.64. The second-order valence-corrected chi connectivity index (χ2v) is 8.06. The van der Waals surface area contributed by atoms with Crippen LogP contribution in [0.5, 0.6) is 0 Å². The van der Waals surface area contributed by atoms with Crippen LogP contribution >= 0.6 is 0 Å². The molecule has 0 unspecified atom stereocenters. The molecule has 1 aliphatic rings. The molecule has 1 aliphatic heterocycles. The van der Waals surface area contributed by atoms with E-state index in [1.807, 2.05) is 0 Å². The van der Waals surface area contributed by atoms with Crippen molar-refractivity contribution < 1.29 is 42.4 Å². The summed E-state index contributed by atoms with van der Waals surface area (Å²) in [7, 11) is 1.57. The van der Waals surface area contributed by atoms with Crippen LogP contribution in [0.1, 0.15) is 35.6 Å². The van der Waals surface area contributed by atoms with Crippen molar-refractivity contribution >= 4 is 11.0 Å². The van der Waals surface area contributed by atoms with Gasteiger partial charge in [-0.3, -0.25) is 0 Å². The minimum Gasteiger partial charge on any atom is -0.388 e. The highest BCUT2D eigenvalue weighted by atomic mass is 19.4. The van der Waals surface area contributed by atoms with Crippen molar-refractivity contribution in [2.45, 2.75) is 49.7 Å². The lowest BCUT2D eigenvalue weighted by Gasteiger charge is -2.20. The molecule has 3 heterocycles. The van der Waals surface area contributed by atoms with Crippen molar-refractivity contribution in [3.63, 3.8) is 0 Å². The number of fused-ring (bicyclic) bond motifs is 1. The summed E-state index contributed by atoms with van der Waals surface area (Å²) in [6.07, 6.45) is -7.97. The summed E-state index contributed by atoms with van der Waals surface area (Å²) < 4.78 is 64.6. The quantitative estimate of drug-likeness (QED) is 0.441. The molecular weight excluding hydrogens is 462 g/mol. The smallest absolute Gasteiger partial charge is 0.388 e. The fourth-order valence-corrected chi connectivity index (χ4v) is 4.11. The summed E-state index contributed by atoms with van der Waals surface area (Å²) in [6.45, 7) is 0.447. The van der Waals surface area contributed by atoms with Gasteiger partial charge in [0.15, 0.2) is 6.23 Å². The van der Waals surface area contributed by atoms with Crippen LogP contribution in [0.4, 0.5) is 17.6 Å². The first kappa shape index (κ1) is 24.5. The zero-order valence-electron chi connectivity index (χ0n) is 18.0. The van der Waals surface area contributed by atoms with Crippen LogP contribution < -0.4 is 0 Å². The molecule has 5 atom stereocenters. The van der Waals surface area contributed by atoms with E-state index in [1.54, 1.807) is 19.4 Å². The Morgan fingerprint density at radius 2 is 1.94 bits per heavy atom. The normalized spacial score (nSPS) is 24.1. The lowest BCUT2D eigenvalue weighted by atomic mass is 9.98. The first-order chi connectivity index (χ1) is 16.1. The second-order valence-electron chi connectivity index (χ2n) is 8.06. The number of benzene rings is 1. The predicted molar refractivity (Wildman–Crippen MR) is 110 cm³/mol.